The Labute approximate surface area is 110 Å². The molecule has 0 fully saturated rings. The van der Waals surface area contributed by atoms with Gasteiger partial charge in [0, 0.05) is 4.47 Å². The molecule has 0 amide bonds. The first-order chi connectivity index (χ1) is 8.06. The van der Waals surface area contributed by atoms with Crippen molar-refractivity contribution < 1.29 is 4.39 Å². The fourth-order valence-electron chi connectivity index (χ4n) is 1.19. The number of hydrogen-bond donors (Lipinski definition) is 2. The van der Waals surface area contributed by atoms with Gasteiger partial charge in [0.2, 0.25) is 5.28 Å². The predicted octanol–water partition coefficient (Wildman–Crippen LogP) is 3.36. The van der Waals surface area contributed by atoms with Gasteiger partial charge in [0.25, 0.3) is 0 Å². The van der Waals surface area contributed by atoms with Crippen molar-refractivity contribution in [3.05, 3.63) is 40.0 Å². The molecular formula is C10H7BrClFN4. The third kappa shape index (κ3) is 2.83. The van der Waals surface area contributed by atoms with Gasteiger partial charge in [-0.05, 0) is 45.7 Å². The summed E-state index contributed by atoms with van der Waals surface area (Å²) in [5.74, 6) is -0.0364. The lowest BCUT2D eigenvalue weighted by Crippen LogP contribution is -2.01. The number of anilines is 3. The Morgan fingerprint density at radius 2 is 2.18 bits per heavy atom. The van der Waals surface area contributed by atoms with Gasteiger partial charge in [0.05, 0.1) is 17.6 Å². The minimum absolute atomic E-state index is 0.0641. The van der Waals surface area contributed by atoms with Gasteiger partial charge >= 0.3 is 0 Å². The van der Waals surface area contributed by atoms with Crippen molar-refractivity contribution in [2.45, 2.75) is 0 Å². The number of nitrogens with two attached hydrogens (primary N) is 1. The molecule has 7 heteroatoms. The van der Waals surface area contributed by atoms with Gasteiger partial charge in [-0.25, -0.2) is 9.37 Å². The van der Waals surface area contributed by atoms with Crippen molar-refractivity contribution in [2.24, 2.45) is 0 Å². The number of nitrogens with one attached hydrogen (secondary N) is 1. The van der Waals surface area contributed by atoms with Crippen molar-refractivity contribution >= 4 is 44.7 Å². The molecule has 0 saturated carbocycles. The zero-order valence-electron chi connectivity index (χ0n) is 8.42. The van der Waals surface area contributed by atoms with Gasteiger partial charge in [-0.2, -0.15) is 4.98 Å². The summed E-state index contributed by atoms with van der Waals surface area (Å²) in [6, 6.07) is 4.24. The molecule has 0 aliphatic heterocycles. The minimum atomic E-state index is -0.366. The highest BCUT2D eigenvalue weighted by molar-refractivity contribution is 9.10. The molecule has 0 aliphatic carbocycles. The maximum Gasteiger partial charge on any atom is 0.224 e. The molecule has 88 valence electrons. The van der Waals surface area contributed by atoms with E-state index in [1.807, 2.05) is 0 Å². The fraction of sp³-hybridized carbons (Fsp3) is 0. The second-order valence-corrected chi connectivity index (χ2v) is 4.38. The molecule has 3 N–H and O–H groups in total. The van der Waals surface area contributed by atoms with Crippen LogP contribution in [0.15, 0.2) is 28.9 Å². The lowest BCUT2D eigenvalue weighted by atomic mass is 10.3. The van der Waals surface area contributed by atoms with Crippen LogP contribution in [0.1, 0.15) is 0 Å². The second-order valence-electron chi connectivity index (χ2n) is 3.19. The van der Waals surface area contributed by atoms with Crippen LogP contribution in [0.5, 0.6) is 0 Å². The van der Waals surface area contributed by atoms with Crippen molar-refractivity contribution in [2.75, 3.05) is 11.1 Å². The molecule has 0 unspecified atom stereocenters. The highest BCUT2D eigenvalue weighted by Crippen LogP contribution is 2.28. The van der Waals surface area contributed by atoms with E-state index in [1.165, 1.54) is 18.3 Å². The first-order valence-electron chi connectivity index (χ1n) is 4.56. The van der Waals surface area contributed by atoms with Crippen molar-refractivity contribution in [3.8, 4) is 0 Å². The number of nitrogens with zero attached hydrogens (tertiary/aromatic N) is 2. The van der Waals surface area contributed by atoms with Crippen LogP contribution in [0.3, 0.4) is 0 Å². The minimum Gasteiger partial charge on any atom is -0.394 e. The highest BCUT2D eigenvalue weighted by atomic mass is 79.9. The van der Waals surface area contributed by atoms with Crippen LogP contribution in [0.4, 0.5) is 21.6 Å². The molecule has 0 spiro atoms. The maximum absolute atomic E-state index is 13.1. The summed E-state index contributed by atoms with van der Waals surface area (Å²) < 4.78 is 13.8. The summed E-state index contributed by atoms with van der Waals surface area (Å²) >= 11 is 8.94. The van der Waals surface area contributed by atoms with Crippen molar-refractivity contribution in [1.82, 2.24) is 9.97 Å². The van der Waals surface area contributed by atoms with E-state index in [4.69, 9.17) is 17.3 Å². The van der Waals surface area contributed by atoms with E-state index >= 15 is 0 Å². The van der Waals surface area contributed by atoms with Crippen LogP contribution < -0.4 is 11.1 Å². The summed E-state index contributed by atoms with van der Waals surface area (Å²) in [5.41, 5.74) is 6.50. The summed E-state index contributed by atoms with van der Waals surface area (Å²) in [7, 11) is 0. The summed E-state index contributed by atoms with van der Waals surface area (Å²) in [6.07, 6.45) is 1.38. The molecular weight excluding hydrogens is 310 g/mol. The molecule has 2 aromatic rings. The monoisotopic (exact) mass is 316 g/mol. The quantitative estimate of drug-likeness (QED) is 0.834. The van der Waals surface area contributed by atoms with Crippen LogP contribution in [-0.4, -0.2) is 9.97 Å². The van der Waals surface area contributed by atoms with Crippen LogP contribution in [0.2, 0.25) is 5.28 Å². The van der Waals surface area contributed by atoms with Crippen molar-refractivity contribution in [3.63, 3.8) is 0 Å². The Kier molecular flexibility index (Phi) is 3.44. The standard InChI is InChI=1S/C10H7BrClFN4/c11-6-2-1-5(13)3-8(6)16-9-7(14)4-15-10(12)17-9/h1-4H,14H2,(H,15,16,17). The Morgan fingerprint density at radius 3 is 2.94 bits per heavy atom. The number of benzene rings is 1. The fourth-order valence-corrected chi connectivity index (χ4v) is 1.67. The lowest BCUT2D eigenvalue weighted by Gasteiger charge is -2.09. The number of nitrogen functional groups attached to an aromatic ring is 1. The predicted molar refractivity (Wildman–Crippen MR) is 68.8 cm³/mol. The smallest absolute Gasteiger partial charge is 0.224 e. The van der Waals surface area contributed by atoms with E-state index in [-0.39, 0.29) is 11.1 Å². The molecule has 1 aromatic heterocycles. The van der Waals surface area contributed by atoms with Crippen LogP contribution in [0.25, 0.3) is 0 Å². The zero-order valence-corrected chi connectivity index (χ0v) is 10.8. The average Bonchev–Trinajstić information content (AvgIpc) is 2.28. The lowest BCUT2D eigenvalue weighted by molar-refractivity contribution is 0.628. The van der Waals surface area contributed by atoms with Gasteiger partial charge < -0.3 is 11.1 Å². The van der Waals surface area contributed by atoms with Gasteiger partial charge in [-0.15, -0.1) is 0 Å². The molecule has 0 bridgehead atoms. The summed E-state index contributed by atoms with van der Waals surface area (Å²) in [5, 5.41) is 2.94. The number of halogens is 3. The average molecular weight is 318 g/mol. The first kappa shape index (κ1) is 12.1. The van der Waals surface area contributed by atoms with Gasteiger partial charge in [0.15, 0.2) is 5.82 Å². The SMILES string of the molecule is Nc1cnc(Cl)nc1Nc1cc(F)ccc1Br. The molecule has 0 aliphatic rings. The number of hydrogen-bond acceptors (Lipinski definition) is 4. The number of rotatable bonds is 2. The van der Waals surface area contributed by atoms with E-state index in [9.17, 15) is 4.39 Å². The Morgan fingerprint density at radius 1 is 1.41 bits per heavy atom. The van der Waals surface area contributed by atoms with Crippen LogP contribution in [0, 0.1) is 5.82 Å². The topological polar surface area (TPSA) is 63.8 Å². The van der Waals surface area contributed by atoms with Gasteiger partial charge in [-0.3, -0.25) is 0 Å². The normalized spacial score (nSPS) is 10.3. The largest absolute Gasteiger partial charge is 0.394 e. The molecule has 1 heterocycles. The molecule has 0 saturated heterocycles. The van der Waals surface area contributed by atoms with Crippen molar-refractivity contribution in [1.29, 1.82) is 0 Å². The first-order valence-corrected chi connectivity index (χ1v) is 5.73. The number of aromatic nitrogens is 2. The third-order valence-electron chi connectivity index (χ3n) is 1.97. The molecule has 4 nitrogen and oxygen atoms in total. The van der Waals surface area contributed by atoms with Gasteiger partial charge in [-0.1, -0.05) is 0 Å². The van der Waals surface area contributed by atoms with E-state index in [1.54, 1.807) is 6.07 Å². The van der Waals surface area contributed by atoms with Crippen LogP contribution >= 0.6 is 27.5 Å². The highest BCUT2D eigenvalue weighted by Gasteiger charge is 2.07. The Bertz CT molecular complexity index is 514. The molecule has 17 heavy (non-hydrogen) atoms. The third-order valence-corrected chi connectivity index (χ3v) is 2.84. The summed E-state index contributed by atoms with van der Waals surface area (Å²) in [4.78, 5) is 7.64. The molecule has 2 rings (SSSR count). The van der Waals surface area contributed by atoms with E-state index in [0.717, 1.165) is 0 Å². The van der Waals surface area contributed by atoms with E-state index < -0.39 is 0 Å². The summed E-state index contributed by atoms with van der Waals surface area (Å²) in [6.45, 7) is 0. The Balaban J connectivity index is 2.37. The van der Waals surface area contributed by atoms with E-state index in [2.05, 4.69) is 31.2 Å². The maximum atomic E-state index is 13.1. The molecule has 0 radical (unpaired) electrons. The van der Waals surface area contributed by atoms with Crippen LogP contribution in [-0.2, 0) is 0 Å². The second kappa shape index (κ2) is 4.85. The van der Waals surface area contributed by atoms with Gasteiger partial charge in [0.1, 0.15) is 5.82 Å². The zero-order chi connectivity index (χ0) is 12.4. The van der Waals surface area contributed by atoms with E-state index in [0.29, 0.717) is 21.7 Å². The Hall–Kier alpha value is -1.40. The molecule has 0 atom stereocenters. The molecule has 1 aromatic carbocycles.